The molecule has 1 aromatic carbocycles. The number of amides is 1. The summed E-state index contributed by atoms with van der Waals surface area (Å²) in [4.78, 5) is 11.8. The molecule has 0 unspecified atom stereocenters. The summed E-state index contributed by atoms with van der Waals surface area (Å²) in [5.74, 6) is -0.392. The summed E-state index contributed by atoms with van der Waals surface area (Å²) in [7, 11) is 0. The van der Waals surface area contributed by atoms with E-state index >= 15 is 0 Å². The van der Waals surface area contributed by atoms with Gasteiger partial charge in [0.25, 0.3) is 0 Å². The van der Waals surface area contributed by atoms with E-state index in [1.54, 1.807) is 0 Å². The number of halogens is 3. The fourth-order valence-electron chi connectivity index (χ4n) is 2.04. The van der Waals surface area contributed by atoms with Gasteiger partial charge in [0.2, 0.25) is 5.91 Å². The van der Waals surface area contributed by atoms with Crippen molar-refractivity contribution in [1.82, 2.24) is 15.1 Å². The van der Waals surface area contributed by atoms with Crippen LogP contribution in [0.3, 0.4) is 0 Å². The Morgan fingerprint density at radius 2 is 2.00 bits per heavy atom. The van der Waals surface area contributed by atoms with Gasteiger partial charge in [0.05, 0.1) is 0 Å². The molecule has 0 aliphatic rings. The molecule has 4 nitrogen and oxygen atoms in total. The molecule has 1 N–H and O–H groups in total. The van der Waals surface area contributed by atoms with E-state index in [0.29, 0.717) is 6.54 Å². The third-order valence-corrected chi connectivity index (χ3v) is 3.21. The van der Waals surface area contributed by atoms with Crippen LogP contribution in [0.4, 0.5) is 13.2 Å². The highest BCUT2D eigenvalue weighted by atomic mass is 19.4. The maximum atomic E-state index is 12.4. The first-order valence-electron chi connectivity index (χ1n) is 6.69. The van der Waals surface area contributed by atoms with Gasteiger partial charge in [0.1, 0.15) is 6.54 Å². The summed E-state index contributed by atoms with van der Waals surface area (Å²) in [5, 5.41) is 6.01. The lowest BCUT2D eigenvalue weighted by Crippen LogP contribution is -2.27. The molecule has 118 valence electrons. The normalized spacial score (nSPS) is 11.5. The molecule has 0 aliphatic carbocycles. The molecule has 1 heterocycles. The second-order valence-electron chi connectivity index (χ2n) is 5.10. The molecule has 0 fully saturated rings. The minimum absolute atomic E-state index is 0.249. The minimum atomic E-state index is -4.50. The Hall–Kier alpha value is -2.31. The molecular weight excluding hydrogens is 295 g/mol. The van der Waals surface area contributed by atoms with Crippen molar-refractivity contribution in [2.45, 2.75) is 33.1 Å². The molecule has 0 radical (unpaired) electrons. The Bertz CT molecular complexity index is 677. The van der Waals surface area contributed by atoms with Crippen LogP contribution in [-0.2, 0) is 24.1 Å². The van der Waals surface area contributed by atoms with Crippen LogP contribution in [0.1, 0.15) is 22.4 Å². The van der Waals surface area contributed by atoms with Crippen molar-refractivity contribution >= 4 is 5.91 Å². The topological polar surface area (TPSA) is 46.9 Å². The number of aromatic nitrogens is 2. The van der Waals surface area contributed by atoms with E-state index in [1.165, 1.54) is 0 Å². The third kappa shape index (κ3) is 4.09. The number of carbonyl (C=O) groups is 1. The van der Waals surface area contributed by atoms with Gasteiger partial charge < -0.3 is 5.32 Å². The molecule has 22 heavy (non-hydrogen) atoms. The molecule has 0 aliphatic heterocycles. The molecule has 0 atom stereocenters. The molecule has 0 saturated carbocycles. The van der Waals surface area contributed by atoms with E-state index in [2.05, 4.69) is 10.4 Å². The first kappa shape index (κ1) is 16.1. The molecule has 1 amide bonds. The van der Waals surface area contributed by atoms with Gasteiger partial charge in [-0.2, -0.15) is 18.3 Å². The molecule has 0 bridgehead atoms. The Labute approximate surface area is 125 Å². The van der Waals surface area contributed by atoms with E-state index in [1.807, 2.05) is 32.0 Å². The summed E-state index contributed by atoms with van der Waals surface area (Å²) < 4.78 is 38.2. The SMILES string of the molecule is Cc1ccc(CNC(=O)Cn2ccc(C(F)(F)F)n2)c(C)c1. The van der Waals surface area contributed by atoms with Crippen LogP contribution in [0.5, 0.6) is 0 Å². The van der Waals surface area contributed by atoms with Crippen molar-refractivity contribution in [2.24, 2.45) is 0 Å². The van der Waals surface area contributed by atoms with E-state index < -0.39 is 17.8 Å². The van der Waals surface area contributed by atoms with Gasteiger partial charge in [0.15, 0.2) is 5.69 Å². The first-order valence-corrected chi connectivity index (χ1v) is 6.69. The predicted molar refractivity (Wildman–Crippen MR) is 75.0 cm³/mol. The number of aryl methyl sites for hydroxylation is 2. The van der Waals surface area contributed by atoms with Gasteiger partial charge in [-0.1, -0.05) is 23.8 Å². The number of nitrogens with one attached hydrogen (secondary N) is 1. The first-order chi connectivity index (χ1) is 10.3. The van der Waals surface area contributed by atoms with Gasteiger partial charge in [-0.05, 0) is 31.0 Å². The second-order valence-corrected chi connectivity index (χ2v) is 5.10. The number of carbonyl (C=O) groups excluding carboxylic acids is 1. The Morgan fingerprint density at radius 3 is 2.59 bits per heavy atom. The van der Waals surface area contributed by atoms with Crippen molar-refractivity contribution in [3.05, 3.63) is 52.8 Å². The van der Waals surface area contributed by atoms with Crippen LogP contribution < -0.4 is 5.32 Å². The molecule has 1 aromatic heterocycles. The van der Waals surface area contributed by atoms with Gasteiger partial charge in [-0.15, -0.1) is 0 Å². The largest absolute Gasteiger partial charge is 0.435 e. The van der Waals surface area contributed by atoms with Gasteiger partial charge in [0, 0.05) is 12.7 Å². The summed E-state index contributed by atoms with van der Waals surface area (Å²) in [6, 6.07) is 6.71. The zero-order valence-corrected chi connectivity index (χ0v) is 12.2. The number of nitrogens with zero attached hydrogens (tertiary/aromatic N) is 2. The smallest absolute Gasteiger partial charge is 0.350 e. The van der Waals surface area contributed by atoms with Crippen LogP contribution in [0, 0.1) is 13.8 Å². The van der Waals surface area contributed by atoms with E-state index in [4.69, 9.17) is 0 Å². The highest BCUT2D eigenvalue weighted by molar-refractivity contribution is 5.75. The average Bonchev–Trinajstić information content (AvgIpc) is 2.86. The molecule has 7 heteroatoms. The fourth-order valence-corrected chi connectivity index (χ4v) is 2.04. The third-order valence-electron chi connectivity index (χ3n) is 3.21. The van der Waals surface area contributed by atoms with Crippen molar-refractivity contribution in [1.29, 1.82) is 0 Å². The predicted octanol–water partition coefficient (Wildman–Crippen LogP) is 2.84. The molecular formula is C15H16F3N3O. The number of rotatable bonds is 4. The number of benzene rings is 1. The summed E-state index contributed by atoms with van der Waals surface area (Å²) in [6.45, 7) is 4.00. The van der Waals surface area contributed by atoms with Gasteiger partial charge >= 0.3 is 6.18 Å². The van der Waals surface area contributed by atoms with Crippen molar-refractivity contribution < 1.29 is 18.0 Å². The molecule has 2 rings (SSSR count). The van der Waals surface area contributed by atoms with Crippen LogP contribution in [-0.4, -0.2) is 15.7 Å². The van der Waals surface area contributed by atoms with Gasteiger partial charge in [-0.3, -0.25) is 9.48 Å². The quantitative estimate of drug-likeness (QED) is 0.944. The van der Waals surface area contributed by atoms with Crippen LogP contribution >= 0.6 is 0 Å². The monoisotopic (exact) mass is 311 g/mol. The zero-order chi connectivity index (χ0) is 16.3. The Kier molecular flexibility index (Phi) is 4.54. The Balaban J connectivity index is 1.92. The average molecular weight is 311 g/mol. The van der Waals surface area contributed by atoms with Crippen molar-refractivity contribution in [3.63, 3.8) is 0 Å². The summed E-state index contributed by atoms with van der Waals surface area (Å²) in [5.41, 5.74) is 2.15. The number of hydrogen-bond donors (Lipinski definition) is 1. The maximum absolute atomic E-state index is 12.4. The standard InChI is InChI=1S/C15H16F3N3O/c1-10-3-4-12(11(2)7-10)8-19-14(22)9-21-6-5-13(20-21)15(16,17)18/h3-7H,8-9H2,1-2H3,(H,19,22). The van der Waals surface area contributed by atoms with Crippen molar-refractivity contribution in [3.8, 4) is 0 Å². The lowest BCUT2D eigenvalue weighted by Gasteiger charge is -2.09. The minimum Gasteiger partial charge on any atom is -0.350 e. The van der Waals surface area contributed by atoms with Crippen molar-refractivity contribution in [2.75, 3.05) is 0 Å². The van der Waals surface area contributed by atoms with Crippen LogP contribution in [0.25, 0.3) is 0 Å². The van der Waals surface area contributed by atoms with Crippen LogP contribution in [0.15, 0.2) is 30.5 Å². The number of hydrogen-bond acceptors (Lipinski definition) is 2. The highest BCUT2D eigenvalue weighted by Gasteiger charge is 2.33. The van der Waals surface area contributed by atoms with Gasteiger partial charge in [-0.25, -0.2) is 0 Å². The zero-order valence-electron chi connectivity index (χ0n) is 12.2. The molecule has 0 spiro atoms. The molecule has 2 aromatic rings. The number of alkyl halides is 3. The summed E-state index contributed by atoms with van der Waals surface area (Å²) in [6.07, 6.45) is -3.36. The summed E-state index contributed by atoms with van der Waals surface area (Å²) >= 11 is 0. The maximum Gasteiger partial charge on any atom is 0.435 e. The molecule has 0 saturated heterocycles. The Morgan fingerprint density at radius 1 is 1.27 bits per heavy atom. The highest BCUT2D eigenvalue weighted by Crippen LogP contribution is 2.27. The van der Waals surface area contributed by atoms with E-state index in [-0.39, 0.29) is 6.54 Å². The van der Waals surface area contributed by atoms with E-state index in [9.17, 15) is 18.0 Å². The van der Waals surface area contributed by atoms with Crippen LogP contribution in [0.2, 0.25) is 0 Å². The lowest BCUT2D eigenvalue weighted by molar-refractivity contribution is -0.141. The fraction of sp³-hybridized carbons (Fsp3) is 0.333. The second kappa shape index (κ2) is 6.21. The van der Waals surface area contributed by atoms with E-state index in [0.717, 1.165) is 33.6 Å². The lowest BCUT2D eigenvalue weighted by atomic mass is 10.1.